The van der Waals surface area contributed by atoms with E-state index < -0.39 is 23.9 Å². The van der Waals surface area contributed by atoms with Crippen LogP contribution in [0.1, 0.15) is 77.0 Å². The Kier molecular flexibility index (Phi) is 14.7. The fourth-order valence-electron chi connectivity index (χ4n) is 4.23. The Morgan fingerprint density at radius 2 is 0.759 bits per heavy atom. The summed E-state index contributed by atoms with van der Waals surface area (Å²) >= 11 is 0. The Hall–Kier alpha value is -0.795. The topological polar surface area (TPSA) is 158 Å². The van der Waals surface area contributed by atoms with Crippen LogP contribution in [0.25, 0.3) is 0 Å². The molecule has 1 N–H and O–H groups in total. The summed E-state index contributed by atoms with van der Waals surface area (Å²) in [6.07, 6.45) is 3.71. The summed E-state index contributed by atoms with van der Waals surface area (Å²) in [6.45, 7) is 0. The maximum atomic E-state index is 11.1. The molecule has 0 aromatic carbocycles. The Bertz CT molecular complexity index is 439. The molecule has 1 fully saturated rings. The Labute approximate surface area is 203 Å². The Morgan fingerprint density at radius 1 is 0.552 bits per heavy atom. The van der Waals surface area contributed by atoms with E-state index in [-0.39, 0.29) is 89.3 Å². The number of hydrogen-bond acceptors (Lipinski definition) is 7. The molecule has 1 radical (unpaired) electrons. The van der Waals surface area contributed by atoms with E-state index in [2.05, 4.69) is 0 Å². The third kappa shape index (κ3) is 13.9. The predicted octanol–water partition coefficient (Wildman–Crippen LogP) is -0.520. The number of hydrogen-bond donors (Lipinski definition) is 1. The molecule has 1 aliphatic carbocycles. The molecular formula is C20H29GdO8. The van der Waals surface area contributed by atoms with Crippen molar-refractivity contribution < 1.29 is 79.5 Å². The summed E-state index contributed by atoms with van der Waals surface area (Å²) in [7, 11) is 0. The van der Waals surface area contributed by atoms with Gasteiger partial charge in [0.25, 0.3) is 0 Å². The quantitative estimate of drug-likeness (QED) is 0.420. The third-order valence-corrected chi connectivity index (χ3v) is 5.76. The van der Waals surface area contributed by atoms with Gasteiger partial charge in [0.05, 0.1) is 0 Å². The van der Waals surface area contributed by atoms with Gasteiger partial charge in [-0.15, -0.1) is 0 Å². The largest absolute Gasteiger partial charge is 3.00 e. The van der Waals surface area contributed by atoms with Crippen LogP contribution < -0.4 is 15.3 Å². The van der Waals surface area contributed by atoms with Gasteiger partial charge < -0.3 is 34.8 Å². The van der Waals surface area contributed by atoms with Crippen molar-refractivity contribution >= 4 is 23.9 Å². The third-order valence-electron chi connectivity index (χ3n) is 5.76. The van der Waals surface area contributed by atoms with E-state index in [4.69, 9.17) is 5.11 Å². The molecule has 0 bridgehead atoms. The van der Waals surface area contributed by atoms with Crippen LogP contribution in [0, 0.1) is 63.6 Å². The maximum absolute atomic E-state index is 11.1. The molecule has 2 atom stereocenters. The Balaban J connectivity index is 0.00000784. The van der Waals surface area contributed by atoms with E-state index >= 15 is 0 Å². The monoisotopic (exact) mass is 555 g/mol. The van der Waals surface area contributed by atoms with E-state index in [1.807, 2.05) is 0 Å². The number of carbonyl (C=O) groups excluding carboxylic acids is 3. The SMILES string of the molecule is O=C([O-])CC1CCC(CC(=O)[O-])CCC(CC(=O)O)CCC(CC(=O)[O-])CC1.[Gd+3]. The fraction of sp³-hybridized carbons (Fsp3) is 0.800. The van der Waals surface area contributed by atoms with Gasteiger partial charge >= 0.3 is 45.9 Å². The summed E-state index contributed by atoms with van der Waals surface area (Å²) in [5, 5.41) is 42.2. The van der Waals surface area contributed by atoms with Crippen LogP contribution in [0.5, 0.6) is 0 Å². The normalized spacial score (nSPS) is 26.2. The molecule has 2 unspecified atom stereocenters. The van der Waals surface area contributed by atoms with E-state index in [0.717, 1.165) is 0 Å². The van der Waals surface area contributed by atoms with Crippen LogP contribution in [-0.4, -0.2) is 29.0 Å². The average Bonchev–Trinajstić information content (AvgIpc) is 2.55. The molecule has 9 heteroatoms. The van der Waals surface area contributed by atoms with Crippen LogP contribution in [0.2, 0.25) is 0 Å². The molecule has 0 spiro atoms. The van der Waals surface area contributed by atoms with Crippen molar-refractivity contribution in [2.45, 2.75) is 77.0 Å². The van der Waals surface area contributed by atoms with Crippen molar-refractivity contribution in [3.8, 4) is 0 Å². The summed E-state index contributed by atoms with van der Waals surface area (Å²) in [6, 6.07) is 0. The molecule has 0 aromatic heterocycles. The van der Waals surface area contributed by atoms with Crippen molar-refractivity contribution in [3.63, 3.8) is 0 Å². The zero-order valence-corrected chi connectivity index (χ0v) is 18.7. The summed E-state index contributed by atoms with van der Waals surface area (Å²) in [5.41, 5.74) is 0. The van der Waals surface area contributed by atoms with E-state index in [9.17, 15) is 34.5 Å². The minimum absolute atomic E-state index is 0. The van der Waals surface area contributed by atoms with Crippen LogP contribution >= 0.6 is 0 Å². The van der Waals surface area contributed by atoms with Gasteiger partial charge in [-0.25, -0.2) is 0 Å². The maximum Gasteiger partial charge on any atom is 3.00 e. The van der Waals surface area contributed by atoms with Gasteiger partial charge in [-0.1, -0.05) is 0 Å². The van der Waals surface area contributed by atoms with Gasteiger partial charge in [0.15, 0.2) is 0 Å². The molecule has 8 nitrogen and oxygen atoms in total. The first-order valence-electron chi connectivity index (χ1n) is 9.97. The van der Waals surface area contributed by atoms with Crippen molar-refractivity contribution in [1.82, 2.24) is 0 Å². The van der Waals surface area contributed by atoms with Crippen LogP contribution in [0.3, 0.4) is 0 Å². The van der Waals surface area contributed by atoms with E-state index in [0.29, 0.717) is 51.4 Å². The molecule has 0 aromatic rings. The minimum Gasteiger partial charge on any atom is -0.550 e. The number of rotatable bonds is 8. The molecule has 0 aliphatic heterocycles. The number of carboxylic acids is 4. The predicted molar refractivity (Wildman–Crippen MR) is 92.0 cm³/mol. The summed E-state index contributed by atoms with van der Waals surface area (Å²) < 4.78 is 0. The first-order chi connectivity index (χ1) is 13.2. The van der Waals surface area contributed by atoms with Crippen molar-refractivity contribution in [2.24, 2.45) is 23.7 Å². The molecule has 1 saturated carbocycles. The smallest absolute Gasteiger partial charge is 0.550 e. The minimum atomic E-state index is -1.17. The molecule has 0 amide bonds. The number of carbonyl (C=O) groups is 4. The number of carboxylic acid groups (broad SMARTS) is 4. The first kappa shape index (κ1) is 28.2. The van der Waals surface area contributed by atoms with Gasteiger partial charge in [-0.2, -0.15) is 0 Å². The first-order valence-corrected chi connectivity index (χ1v) is 9.97. The van der Waals surface area contributed by atoms with Crippen molar-refractivity contribution in [2.75, 3.05) is 0 Å². The molecule has 165 valence electrons. The standard InChI is InChI=1S/C20H32O8.Gd/c21-17(22)9-13-1-2-14(10-18(23)24)5-6-16(12-20(27)28)8-7-15(4-3-13)11-19(25)26;/h13-16H,1-12H2,(H,21,22)(H,23,24)(H,25,26)(H,27,28);/q;+3/p-3. The van der Waals surface area contributed by atoms with Crippen molar-refractivity contribution in [3.05, 3.63) is 0 Å². The van der Waals surface area contributed by atoms with Crippen LogP contribution in [-0.2, 0) is 19.2 Å². The molecular weight excluding hydrogens is 525 g/mol. The summed E-state index contributed by atoms with van der Waals surface area (Å²) in [5.74, 6) is -5.18. The fourth-order valence-corrected chi connectivity index (χ4v) is 4.23. The summed E-state index contributed by atoms with van der Waals surface area (Å²) in [4.78, 5) is 44.2. The second-order valence-corrected chi connectivity index (χ2v) is 8.10. The molecule has 29 heavy (non-hydrogen) atoms. The average molecular weight is 555 g/mol. The van der Waals surface area contributed by atoms with E-state index in [1.54, 1.807) is 0 Å². The molecule has 1 aliphatic rings. The van der Waals surface area contributed by atoms with E-state index in [1.165, 1.54) is 0 Å². The zero-order chi connectivity index (χ0) is 21.1. The van der Waals surface area contributed by atoms with Crippen molar-refractivity contribution in [1.29, 1.82) is 0 Å². The number of aliphatic carboxylic acids is 4. The molecule has 0 saturated heterocycles. The van der Waals surface area contributed by atoms with Crippen LogP contribution in [0.4, 0.5) is 0 Å². The molecule has 1 rings (SSSR count). The Morgan fingerprint density at radius 3 is 0.931 bits per heavy atom. The second kappa shape index (κ2) is 15.1. The van der Waals surface area contributed by atoms with Gasteiger partial charge in [-0.3, -0.25) is 4.79 Å². The second-order valence-electron chi connectivity index (χ2n) is 8.10. The van der Waals surface area contributed by atoms with Gasteiger partial charge in [0.2, 0.25) is 0 Å². The van der Waals surface area contributed by atoms with Gasteiger partial charge in [0.1, 0.15) is 0 Å². The van der Waals surface area contributed by atoms with Gasteiger partial charge in [0, 0.05) is 24.3 Å². The zero-order valence-electron chi connectivity index (χ0n) is 16.5. The van der Waals surface area contributed by atoms with Gasteiger partial charge in [-0.05, 0) is 94.3 Å². The molecule has 0 heterocycles. The van der Waals surface area contributed by atoms with Crippen LogP contribution in [0.15, 0.2) is 0 Å².